The highest BCUT2D eigenvalue weighted by Gasteiger charge is 2.26. The largest absolute Gasteiger partial charge is 0.368 e. The van der Waals surface area contributed by atoms with Crippen LogP contribution in [0, 0.1) is 11.7 Å². The number of rotatable bonds is 3. The van der Waals surface area contributed by atoms with E-state index in [9.17, 15) is 4.39 Å². The Morgan fingerprint density at radius 2 is 2.17 bits per heavy atom. The molecule has 2 rings (SSSR count). The van der Waals surface area contributed by atoms with Crippen molar-refractivity contribution in [1.29, 1.82) is 0 Å². The predicted molar refractivity (Wildman–Crippen MR) is 74.4 cm³/mol. The maximum Gasteiger partial charge on any atom is 0.123 e. The molecule has 0 aromatic heterocycles. The number of hydrogen-bond donors (Lipinski definition) is 1. The number of hydrogen-bond acceptors (Lipinski definition) is 2. The molecule has 18 heavy (non-hydrogen) atoms. The van der Waals surface area contributed by atoms with Gasteiger partial charge in [-0.3, -0.25) is 0 Å². The Morgan fingerprint density at radius 1 is 1.39 bits per heavy atom. The number of nitrogens with two attached hydrogens (primary N) is 1. The van der Waals surface area contributed by atoms with Crippen LogP contribution in [0.4, 0.5) is 10.1 Å². The topological polar surface area (TPSA) is 29.3 Å². The van der Waals surface area contributed by atoms with Gasteiger partial charge in [0.05, 0.1) is 0 Å². The summed E-state index contributed by atoms with van der Waals surface area (Å²) in [7, 11) is 0. The van der Waals surface area contributed by atoms with E-state index >= 15 is 0 Å². The van der Waals surface area contributed by atoms with E-state index < -0.39 is 0 Å². The molecule has 0 amide bonds. The van der Waals surface area contributed by atoms with Crippen LogP contribution >= 0.6 is 0 Å². The van der Waals surface area contributed by atoms with Gasteiger partial charge in [0.1, 0.15) is 5.82 Å². The van der Waals surface area contributed by atoms with Gasteiger partial charge >= 0.3 is 0 Å². The molecule has 2 atom stereocenters. The van der Waals surface area contributed by atoms with Crippen molar-refractivity contribution in [2.45, 2.75) is 39.2 Å². The van der Waals surface area contributed by atoms with Crippen molar-refractivity contribution >= 4 is 5.69 Å². The van der Waals surface area contributed by atoms with Crippen molar-refractivity contribution in [1.82, 2.24) is 0 Å². The smallest absolute Gasteiger partial charge is 0.123 e. The van der Waals surface area contributed by atoms with Crippen LogP contribution in [0.25, 0.3) is 0 Å². The van der Waals surface area contributed by atoms with Gasteiger partial charge in [0.2, 0.25) is 0 Å². The average molecular weight is 250 g/mol. The highest BCUT2D eigenvalue weighted by atomic mass is 19.1. The van der Waals surface area contributed by atoms with Gasteiger partial charge < -0.3 is 10.6 Å². The highest BCUT2D eigenvalue weighted by Crippen LogP contribution is 2.31. The quantitative estimate of drug-likeness (QED) is 0.893. The Kier molecular flexibility index (Phi) is 4.23. The van der Waals surface area contributed by atoms with Gasteiger partial charge in [-0.2, -0.15) is 0 Å². The molecule has 0 bridgehead atoms. The lowest BCUT2D eigenvalue weighted by molar-refractivity contribution is 0.363. The van der Waals surface area contributed by atoms with E-state index in [0.717, 1.165) is 18.5 Å². The lowest BCUT2D eigenvalue weighted by atomic mass is 9.91. The van der Waals surface area contributed by atoms with Gasteiger partial charge in [0.15, 0.2) is 0 Å². The summed E-state index contributed by atoms with van der Waals surface area (Å²) < 4.78 is 13.4. The Morgan fingerprint density at radius 3 is 2.89 bits per heavy atom. The Hall–Kier alpha value is -1.09. The van der Waals surface area contributed by atoms with E-state index in [2.05, 4.69) is 18.7 Å². The highest BCUT2D eigenvalue weighted by molar-refractivity contribution is 5.55. The molecule has 1 aromatic rings. The zero-order chi connectivity index (χ0) is 13.1. The van der Waals surface area contributed by atoms with Crippen molar-refractivity contribution in [3.05, 3.63) is 29.6 Å². The van der Waals surface area contributed by atoms with E-state index in [0.29, 0.717) is 18.5 Å². The first-order chi connectivity index (χ1) is 8.63. The molecular weight excluding hydrogens is 227 g/mol. The zero-order valence-corrected chi connectivity index (χ0v) is 11.3. The summed E-state index contributed by atoms with van der Waals surface area (Å²) in [5, 5.41) is 0. The Balaban J connectivity index is 2.31. The molecule has 1 aliphatic rings. The van der Waals surface area contributed by atoms with Crippen LogP contribution in [0.2, 0.25) is 0 Å². The van der Waals surface area contributed by atoms with Crippen LogP contribution in [0.5, 0.6) is 0 Å². The standard InChI is InChI=1S/C15H23FN2/c1-11-4-3-9-18(12(11)2)15-6-5-14(16)10-13(15)7-8-17/h5-6,10-12H,3-4,7-9,17H2,1-2H3. The maximum atomic E-state index is 13.4. The van der Waals surface area contributed by atoms with E-state index in [1.807, 2.05) is 6.07 Å². The number of benzene rings is 1. The van der Waals surface area contributed by atoms with Crippen LogP contribution in [-0.4, -0.2) is 19.1 Å². The molecule has 1 aliphatic heterocycles. The van der Waals surface area contributed by atoms with Crippen LogP contribution in [0.1, 0.15) is 32.3 Å². The van der Waals surface area contributed by atoms with Crippen molar-refractivity contribution in [3.63, 3.8) is 0 Å². The van der Waals surface area contributed by atoms with Crippen molar-refractivity contribution in [3.8, 4) is 0 Å². The Labute approximate surface area is 109 Å². The summed E-state index contributed by atoms with van der Waals surface area (Å²) in [5.74, 6) is 0.523. The van der Waals surface area contributed by atoms with Gasteiger partial charge in [-0.15, -0.1) is 0 Å². The Bertz CT molecular complexity index is 405. The fourth-order valence-electron chi connectivity index (χ4n) is 2.87. The van der Waals surface area contributed by atoms with Gasteiger partial charge in [-0.05, 0) is 62.4 Å². The summed E-state index contributed by atoms with van der Waals surface area (Å²) in [4.78, 5) is 2.42. The second-order valence-corrected chi connectivity index (χ2v) is 5.37. The maximum absolute atomic E-state index is 13.4. The van der Waals surface area contributed by atoms with Crippen molar-refractivity contribution in [2.24, 2.45) is 11.7 Å². The molecule has 1 heterocycles. The van der Waals surface area contributed by atoms with E-state index in [1.165, 1.54) is 18.5 Å². The molecule has 2 N–H and O–H groups in total. The van der Waals surface area contributed by atoms with Gasteiger partial charge in [0.25, 0.3) is 0 Å². The van der Waals surface area contributed by atoms with Crippen molar-refractivity contribution in [2.75, 3.05) is 18.0 Å². The number of piperidine rings is 1. The first-order valence-electron chi connectivity index (χ1n) is 6.88. The third-order valence-electron chi connectivity index (χ3n) is 4.14. The molecular formula is C15H23FN2. The van der Waals surface area contributed by atoms with E-state index in [4.69, 9.17) is 5.73 Å². The summed E-state index contributed by atoms with van der Waals surface area (Å²) in [6, 6.07) is 5.62. The summed E-state index contributed by atoms with van der Waals surface area (Å²) in [5.41, 5.74) is 7.84. The molecule has 3 heteroatoms. The van der Waals surface area contributed by atoms with E-state index in [1.54, 1.807) is 12.1 Å². The molecule has 1 fully saturated rings. The van der Waals surface area contributed by atoms with Crippen molar-refractivity contribution < 1.29 is 4.39 Å². The first-order valence-corrected chi connectivity index (χ1v) is 6.88. The minimum atomic E-state index is -0.167. The lowest BCUT2D eigenvalue weighted by Crippen LogP contribution is -2.43. The zero-order valence-electron chi connectivity index (χ0n) is 11.3. The van der Waals surface area contributed by atoms with Crippen LogP contribution in [0.3, 0.4) is 0 Å². The minimum Gasteiger partial charge on any atom is -0.368 e. The fraction of sp³-hybridized carbons (Fsp3) is 0.600. The first kappa shape index (κ1) is 13.3. The number of anilines is 1. The molecule has 0 aliphatic carbocycles. The third-order valence-corrected chi connectivity index (χ3v) is 4.14. The van der Waals surface area contributed by atoms with Gasteiger partial charge in [0, 0.05) is 18.3 Å². The summed E-state index contributed by atoms with van der Waals surface area (Å²) in [6.45, 7) is 6.19. The predicted octanol–water partition coefficient (Wildman–Crippen LogP) is 2.95. The summed E-state index contributed by atoms with van der Waals surface area (Å²) >= 11 is 0. The summed E-state index contributed by atoms with van der Waals surface area (Å²) in [6.07, 6.45) is 3.24. The SMILES string of the molecule is CC1CCCN(c2ccc(F)cc2CCN)C1C. The fourth-order valence-corrected chi connectivity index (χ4v) is 2.87. The number of nitrogens with zero attached hydrogens (tertiary/aromatic N) is 1. The van der Waals surface area contributed by atoms with E-state index in [-0.39, 0.29) is 5.82 Å². The average Bonchev–Trinajstić information content (AvgIpc) is 2.34. The molecule has 2 unspecified atom stereocenters. The van der Waals surface area contributed by atoms with Gasteiger partial charge in [-0.25, -0.2) is 4.39 Å². The van der Waals surface area contributed by atoms with Crippen LogP contribution in [0.15, 0.2) is 18.2 Å². The van der Waals surface area contributed by atoms with Crippen LogP contribution in [-0.2, 0) is 6.42 Å². The normalized spacial score (nSPS) is 24.3. The second-order valence-electron chi connectivity index (χ2n) is 5.37. The second kappa shape index (κ2) is 5.70. The molecule has 100 valence electrons. The molecule has 0 radical (unpaired) electrons. The van der Waals surface area contributed by atoms with Gasteiger partial charge in [-0.1, -0.05) is 6.92 Å². The molecule has 2 nitrogen and oxygen atoms in total. The molecule has 0 spiro atoms. The number of halogens is 1. The molecule has 1 saturated heterocycles. The monoisotopic (exact) mass is 250 g/mol. The third kappa shape index (κ3) is 2.66. The lowest BCUT2D eigenvalue weighted by Gasteiger charge is -2.40. The molecule has 0 saturated carbocycles. The minimum absolute atomic E-state index is 0.167. The van der Waals surface area contributed by atoms with Crippen LogP contribution < -0.4 is 10.6 Å². The molecule has 1 aromatic carbocycles.